The second-order valence-electron chi connectivity index (χ2n) is 2.40. The van der Waals surface area contributed by atoms with Crippen molar-refractivity contribution in [2.45, 2.75) is 6.42 Å². The van der Waals surface area contributed by atoms with E-state index in [0.717, 1.165) is 12.0 Å². The molecule has 60 valence electrons. The fourth-order valence-electron chi connectivity index (χ4n) is 1.05. The molecule has 0 aromatic carbocycles. The van der Waals surface area contributed by atoms with Gasteiger partial charge < -0.3 is 9.67 Å². The molecule has 0 aliphatic rings. The highest BCUT2D eigenvalue weighted by atomic mass is 16.3. The van der Waals surface area contributed by atoms with Gasteiger partial charge >= 0.3 is 0 Å². The Labute approximate surface area is 65.3 Å². The van der Waals surface area contributed by atoms with E-state index in [0.29, 0.717) is 12.1 Å². The molecular formula is C8H11NO2. The van der Waals surface area contributed by atoms with E-state index in [4.69, 9.17) is 5.11 Å². The normalized spacial score (nSPS) is 10.0. The van der Waals surface area contributed by atoms with Crippen LogP contribution in [0.1, 0.15) is 16.2 Å². The number of rotatable bonds is 3. The molecule has 0 amide bonds. The van der Waals surface area contributed by atoms with Crippen molar-refractivity contribution in [3.8, 4) is 0 Å². The van der Waals surface area contributed by atoms with Crippen LogP contribution in [-0.4, -0.2) is 22.6 Å². The van der Waals surface area contributed by atoms with Crippen LogP contribution in [-0.2, 0) is 13.5 Å². The second-order valence-corrected chi connectivity index (χ2v) is 2.40. The van der Waals surface area contributed by atoms with Gasteiger partial charge in [-0.05, 0) is 12.1 Å². The topological polar surface area (TPSA) is 42.2 Å². The van der Waals surface area contributed by atoms with Crippen molar-refractivity contribution >= 4 is 6.29 Å². The van der Waals surface area contributed by atoms with Gasteiger partial charge in [0.05, 0.1) is 5.69 Å². The lowest BCUT2D eigenvalue weighted by atomic mass is 10.3. The van der Waals surface area contributed by atoms with E-state index in [9.17, 15) is 4.79 Å². The molecule has 1 rings (SSSR count). The highest BCUT2D eigenvalue weighted by Gasteiger charge is 2.01. The molecule has 0 unspecified atom stereocenters. The monoisotopic (exact) mass is 153 g/mol. The van der Waals surface area contributed by atoms with Crippen molar-refractivity contribution in [1.82, 2.24) is 4.57 Å². The molecule has 1 aromatic rings. The summed E-state index contributed by atoms with van der Waals surface area (Å²) < 4.78 is 1.78. The molecule has 0 saturated carbocycles. The lowest BCUT2D eigenvalue weighted by molar-refractivity contribution is 0.111. The fraction of sp³-hybridized carbons (Fsp3) is 0.375. The zero-order valence-corrected chi connectivity index (χ0v) is 6.45. The number of nitrogens with zero attached hydrogens (tertiary/aromatic N) is 1. The molecule has 0 aliphatic carbocycles. The maximum absolute atomic E-state index is 10.4. The number of aromatic nitrogens is 1. The molecule has 0 radical (unpaired) electrons. The van der Waals surface area contributed by atoms with Gasteiger partial charge in [-0.2, -0.15) is 0 Å². The number of carbonyl (C=O) groups excluding carboxylic acids is 1. The lowest BCUT2D eigenvalue weighted by Gasteiger charge is -2.00. The molecule has 1 aromatic heterocycles. The van der Waals surface area contributed by atoms with E-state index in [1.165, 1.54) is 0 Å². The van der Waals surface area contributed by atoms with E-state index < -0.39 is 0 Å². The van der Waals surface area contributed by atoms with Gasteiger partial charge in [-0.1, -0.05) is 0 Å². The van der Waals surface area contributed by atoms with Gasteiger partial charge in [0, 0.05) is 25.8 Å². The maximum atomic E-state index is 10.4. The molecular weight excluding hydrogens is 142 g/mol. The molecule has 1 heterocycles. The van der Waals surface area contributed by atoms with Crippen LogP contribution in [0.3, 0.4) is 0 Å². The summed E-state index contributed by atoms with van der Waals surface area (Å²) in [7, 11) is 1.81. The van der Waals surface area contributed by atoms with Crippen LogP contribution in [0.5, 0.6) is 0 Å². The lowest BCUT2D eigenvalue weighted by Crippen LogP contribution is -2.01. The van der Waals surface area contributed by atoms with Gasteiger partial charge in [-0.15, -0.1) is 0 Å². The minimum Gasteiger partial charge on any atom is -0.396 e. The Bertz CT molecular complexity index is 253. The molecule has 1 N–H and O–H groups in total. The van der Waals surface area contributed by atoms with Crippen LogP contribution >= 0.6 is 0 Å². The van der Waals surface area contributed by atoms with Crippen LogP contribution in [0.25, 0.3) is 0 Å². The number of aldehydes is 1. The van der Waals surface area contributed by atoms with E-state index in [1.807, 2.05) is 13.1 Å². The van der Waals surface area contributed by atoms with Crippen LogP contribution in [0.2, 0.25) is 0 Å². The standard InChI is InChI=1S/C8H11NO2/c1-9-7(4-5-10)2-3-8(9)6-11/h2-3,6,10H,4-5H2,1H3. The molecule has 0 fully saturated rings. The summed E-state index contributed by atoms with van der Waals surface area (Å²) in [4.78, 5) is 10.4. The molecule has 0 bridgehead atoms. The van der Waals surface area contributed by atoms with Crippen LogP contribution in [0.15, 0.2) is 12.1 Å². The summed E-state index contributed by atoms with van der Waals surface area (Å²) in [5.41, 5.74) is 1.63. The Morgan fingerprint density at radius 1 is 1.64 bits per heavy atom. The minimum atomic E-state index is 0.121. The van der Waals surface area contributed by atoms with Crippen LogP contribution in [0, 0.1) is 0 Å². The molecule has 3 heteroatoms. The highest BCUT2D eigenvalue weighted by molar-refractivity contribution is 5.72. The first-order valence-electron chi connectivity index (χ1n) is 3.50. The first-order valence-corrected chi connectivity index (χ1v) is 3.50. The summed E-state index contributed by atoms with van der Waals surface area (Å²) in [5, 5.41) is 8.62. The summed E-state index contributed by atoms with van der Waals surface area (Å²) >= 11 is 0. The molecule has 0 saturated heterocycles. The predicted octanol–water partition coefficient (Wildman–Crippen LogP) is 0.372. The summed E-state index contributed by atoms with van der Waals surface area (Å²) in [6.45, 7) is 0.121. The third-order valence-corrected chi connectivity index (χ3v) is 1.75. The van der Waals surface area contributed by atoms with Crippen molar-refractivity contribution in [2.24, 2.45) is 7.05 Å². The number of hydrogen-bond acceptors (Lipinski definition) is 2. The summed E-state index contributed by atoms with van der Waals surface area (Å²) in [5.74, 6) is 0. The third kappa shape index (κ3) is 1.49. The zero-order chi connectivity index (χ0) is 8.27. The molecule has 0 spiro atoms. The Balaban J connectivity index is 2.90. The van der Waals surface area contributed by atoms with Gasteiger partial charge in [-0.25, -0.2) is 0 Å². The van der Waals surface area contributed by atoms with Crippen molar-refractivity contribution < 1.29 is 9.90 Å². The fourth-order valence-corrected chi connectivity index (χ4v) is 1.05. The van der Waals surface area contributed by atoms with Gasteiger partial charge in [0.15, 0.2) is 6.29 Å². The average molecular weight is 153 g/mol. The quantitative estimate of drug-likeness (QED) is 0.637. The number of carbonyl (C=O) groups is 1. The molecule has 11 heavy (non-hydrogen) atoms. The van der Waals surface area contributed by atoms with Gasteiger partial charge in [-0.3, -0.25) is 4.79 Å². The largest absolute Gasteiger partial charge is 0.396 e. The summed E-state index contributed by atoms with van der Waals surface area (Å²) in [6.07, 6.45) is 1.41. The number of aliphatic hydroxyl groups is 1. The van der Waals surface area contributed by atoms with Gasteiger partial charge in [0.25, 0.3) is 0 Å². The van der Waals surface area contributed by atoms with Crippen molar-refractivity contribution in [1.29, 1.82) is 0 Å². The van der Waals surface area contributed by atoms with Crippen LogP contribution in [0.4, 0.5) is 0 Å². The molecule has 0 atom stereocenters. The minimum absolute atomic E-state index is 0.121. The zero-order valence-electron chi connectivity index (χ0n) is 6.45. The van der Waals surface area contributed by atoms with E-state index in [1.54, 1.807) is 10.6 Å². The smallest absolute Gasteiger partial charge is 0.166 e. The maximum Gasteiger partial charge on any atom is 0.166 e. The Kier molecular flexibility index (Phi) is 2.44. The van der Waals surface area contributed by atoms with E-state index in [-0.39, 0.29) is 6.61 Å². The highest BCUT2D eigenvalue weighted by Crippen LogP contribution is 2.04. The predicted molar refractivity (Wildman–Crippen MR) is 41.6 cm³/mol. The van der Waals surface area contributed by atoms with Crippen molar-refractivity contribution in [3.05, 3.63) is 23.5 Å². The van der Waals surface area contributed by atoms with Gasteiger partial charge in [0.2, 0.25) is 0 Å². The van der Waals surface area contributed by atoms with Crippen molar-refractivity contribution in [2.75, 3.05) is 6.61 Å². The number of aliphatic hydroxyl groups excluding tert-OH is 1. The Morgan fingerprint density at radius 3 is 2.82 bits per heavy atom. The third-order valence-electron chi connectivity index (χ3n) is 1.75. The second kappa shape index (κ2) is 3.34. The van der Waals surface area contributed by atoms with E-state index >= 15 is 0 Å². The number of hydrogen-bond donors (Lipinski definition) is 1. The first kappa shape index (κ1) is 8.01. The average Bonchev–Trinajstić information content (AvgIpc) is 2.34. The Morgan fingerprint density at radius 2 is 2.36 bits per heavy atom. The summed E-state index contributed by atoms with van der Waals surface area (Å²) in [6, 6.07) is 3.60. The van der Waals surface area contributed by atoms with E-state index in [2.05, 4.69) is 0 Å². The molecule has 0 aliphatic heterocycles. The Hall–Kier alpha value is -1.09. The SMILES string of the molecule is Cn1c(C=O)ccc1CCO. The molecule has 3 nitrogen and oxygen atoms in total. The van der Waals surface area contributed by atoms with Crippen LogP contribution < -0.4 is 0 Å². The van der Waals surface area contributed by atoms with Crippen molar-refractivity contribution in [3.63, 3.8) is 0 Å². The first-order chi connectivity index (χ1) is 5.29. The van der Waals surface area contributed by atoms with Gasteiger partial charge in [0.1, 0.15) is 0 Å².